The quantitative estimate of drug-likeness (QED) is 0.773. The van der Waals surface area contributed by atoms with E-state index >= 15 is 0 Å². The van der Waals surface area contributed by atoms with Gasteiger partial charge < -0.3 is 14.5 Å². The Hall–Kier alpha value is -2.41. The summed E-state index contributed by atoms with van der Waals surface area (Å²) in [6.45, 7) is 4.17. The molecule has 1 atom stereocenters. The summed E-state index contributed by atoms with van der Waals surface area (Å²) < 4.78 is 19.0. The number of nitrogens with zero attached hydrogens (tertiary/aromatic N) is 4. The van der Waals surface area contributed by atoms with Crippen LogP contribution in [0.2, 0.25) is 5.02 Å². The molecule has 0 unspecified atom stereocenters. The predicted molar refractivity (Wildman–Crippen MR) is 104 cm³/mol. The maximum absolute atomic E-state index is 13.3. The summed E-state index contributed by atoms with van der Waals surface area (Å²) >= 11 is 5.80. The predicted octanol–water partition coefficient (Wildman–Crippen LogP) is 3.90. The number of ether oxygens (including phenoxy) is 1. The number of carbonyl (C=O) groups is 1. The van der Waals surface area contributed by atoms with Crippen molar-refractivity contribution in [2.75, 3.05) is 24.5 Å². The van der Waals surface area contributed by atoms with Gasteiger partial charge in [-0.2, -0.15) is 0 Å². The van der Waals surface area contributed by atoms with Crippen LogP contribution in [0.4, 0.5) is 10.2 Å². The monoisotopic (exact) mass is 404 g/mol. The van der Waals surface area contributed by atoms with Crippen LogP contribution in [0.15, 0.2) is 30.6 Å². The Morgan fingerprint density at radius 1 is 1.25 bits per heavy atom. The number of amides is 1. The van der Waals surface area contributed by atoms with Gasteiger partial charge >= 0.3 is 0 Å². The zero-order valence-corrected chi connectivity index (χ0v) is 16.4. The first-order valence-electron chi connectivity index (χ1n) is 9.51. The zero-order valence-electron chi connectivity index (χ0n) is 15.6. The molecule has 28 heavy (non-hydrogen) atoms. The van der Waals surface area contributed by atoms with E-state index in [2.05, 4.69) is 21.8 Å². The molecule has 0 N–H and O–H groups in total. The van der Waals surface area contributed by atoms with Crippen molar-refractivity contribution in [1.82, 2.24) is 14.9 Å². The summed E-state index contributed by atoms with van der Waals surface area (Å²) in [5.74, 6) is 1.50. The Morgan fingerprint density at radius 3 is 2.75 bits per heavy atom. The molecule has 1 aromatic carbocycles. The second kappa shape index (κ2) is 7.91. The number of rotatable bonds is 4. The lowest BCUT2D eigenvalue weighted by Crippen LogP contribution is -2.56. The van der Waals surface area contributed by atoms with Crippen LogP contribution in [0.5, 0.6) is 11.6 Å². The number of hydrogen-bond acceptors (Lipinski definition) is 5. The normalized spacial score (nSPS) is 20.0. The van der Waals surface area contributed by atoms with Crippen LogP contribution >= 0.6 is 11.6 Å². The van der Waals surface area contributed by atoms with Crippen LogP contribution in [0.25, 0.3) is 0 Å². The van der Waals surface area contributed by atoms with Crippen LogP contribution in [0.3, 0.4) is 0 Å². The maximum Gasteiger partial charge on any atom is 0.226 e. The van der Waals surface area contributed by atoms with Crippen LogP contribution < -0.4 is 9.64 Å². The van der Waals surface area contributed by atoms with E-state index in [1.165, 1.54) is 24.5 Å². The Labute approximate surface area is 168 Å². The van der Waals surface area contributed by atoms with Gasteiger partial charge in [-0.15, -0.1) is 0 Å². The van der Waals surface area contributed by atoms with Gasteiger partial charge in [-0.1, -0.05) is 18.0 Å². The molecule has 6 nitrogen and oxygen atoms in total. The van der Waals surface area contributed by atoms with Gasteiger partial charge in [0.05, 0.1) is 5.02 Å². The van der Waals surface area contributed by atoms with Crippen molar-refractivity contribution in [2.45, 2.75) is 32.2 Å². The molecule has 1 saturated carbocycles. The van der Waals surface area contributed by atoms with Crippen molar-refractivity contribution in [3.05, 3.63) is 41.4 Å². The smallest absolute Gasteiger partial charge is 0.226 e. The van der Waals surface area contributed by atoms with Crippen molar-refractivity contribution in [2.24, 2.45) is 5.92 Å². The van der Waals surface area contributed by atoms with Gasteiger partial charge in [-0.3, -0.25) is 4.79 Å². The summed E-state index contributed by atoms with van der Waals surface area (Å²) in [6, 6.07) is 6.02. The van der Waals surface area contributed by atoms with E-state index in [0.29, 0.717) is 37.2 Å². The summed E-state index contributed by atoms with van der Waals surface area (Å²) in [7, 11) is 0. The van der Waals surface area contributed by atoms with Crippen molar-refractivity contribution in [3.63, 3.8) is 0 Å². The minimum absolute atomic E-state index is 0.00661. The molecule has 2 aliphatic rings. The Balaban J connectivity index is 1.43. The highest BCUT2D eigenvalue weighted by Gasteiger charge is 2.34. The number of benzene rings is 1. The van der Waals surface area contributed by atoms with Crippen molar-refractivity contribution < 1.29 is 13.9 Å². The average Bonchev–Trinajstić information content (AvgIpc) is 2.63. The van der Waals surface area contributed by atoms with E-state index in [1.54, 1.807) is 6.07 Å². The van der Waals surface area contributed by atoms with Crippen LogP contribution in [-0.4, -0.2) is 46.5 Å². The van der Waals surface area contributed by atoms with Gasteiger partial charge in [-0.25, -0.2) is 14.4 Å². The number of piperazine rings is 1. The van der Waals surface area contributed by atoms with Crippen LogP contribution in [0, 0.1) is 11.7 Å². The van der Waals surface area contributed by atoms with E-state index in [4.69, 9.17) is 16.3 Å². The highest BCUT2D eigenvalue weighted by atomic mass is 35.5. The third kappa shape index (κ3) is 3.90. The molecule has 1 saturated heterocycles. The lowest BCUT2D eigenvalue weighted by atomic mass is 9.84. The SMILES string of the molecule is C[C@@H]1CN(c2cc(Oc3ccc(F)c(Cl)c3)ncn2)CCN1C(=O)C1CCC1. The standard InChI is InChI=1S/C20H22ClFN4O2/c1-13-11-25(7-8-26(13)20(27)14-3-2-4-14)18-10-19(24-12-23-18)28-15-5-6-17(22)16(21)9-15/h5-6,9-10,12-14H,2-4,7-8,11H2,1H3/t13-/m1/s1. The molecule has 1 aliphatic heterocycles. The van der Waals surface area contributed by atoms with E-state index in [9.17, 15) is 9.18 Å². The number of anilines is 1. The fourth-order valence-electron chi connectivity index (χ4n) is 3.60. The summed E-state index contributed by atoms with van der Waals surface area (Å²) in [5.41, 5.74) is 0. The van der Waals surface area contributed by atoms with E-state index in [1.807, 2.05) is 4.90 Å². The Kier molecular flexibility index (Phi) is 5.35. The average molecular weight is 405 g/mol. The molecular weight excluding hydrogens is 383 g/mol. The second-order valence-corrected chi connectivity index (χ2v) is 7.75. The second-order valence-electron chi connectivity index (χ2n) is 7.35. The van der Waals surface area contributed by atoms with E-state index in [-0.39, 0.29) is 17.0 Å². The van der Waals surface area contributed by atoms with Crippen molar-refractivity contribution >= 4 is 23.3 Å². The van der Waals surface area contributed by atoms with Crippen LogP contribution in [-0.2, 0) is 4.79 Å². The zero-order chi connectivity index (χ0) is 19.7. The third-order valence-corrected chi connectivity index (χ3v) is 5.72. The van der Waals surface area contributed by atoms with Crippen LogP contribution in [0.1, 0.15) is 26.2 Å². The number of carbonyl (C=O) groups excluding carboxylic acids is 1. The van der Waals surface area contributed by atoms with Gasteiger partial charge in [-0.05, 0) is 31.9 Å². The van der Waals surface area contributed by atoms with Gasteiger partial charge in [0.25, 0.3) is 0 Å². The fourth-order valence-corrected chi connectivity index (χ4v) is 3.77. The van der Waals surface area contributed by atoms with E-state index in [0.717, 1.165) is 25.1 Å². The molecule has 1 aliphatic carbocycles. The number of hydrogen-bond donors (Lipinski definition) is 0. The first kappa shape index (κ1) is 18.9. The molecule has 8 heteroatoms. The van der Waals surface area contributed by atoms with E-state index < -0.39 is 5.82 Å². The molecule has 2 fully saturated rings. The first-order chi connectivity index (χ1) is 13.5. The van der Waals surface area contributed by atoms with Gasteiger partial charge in [0.2, 0.25) is 11.8 Å². The molecule has 2 aromatic rings. The first-order valence-corrected chi connectivity index (χ1v) is 9.89. The molecule has 0 radical (unpaired) electrons. The Morgan fingerprint density at radius 2 is 2.07 bits per heavy atom. The minimum Gasteiger partial charge on any atom is -0.439 e. The van der Waals surface area contributed by atoms with Gasteiger partial charge in [0.15, 0.2) is 0 Å². The minimum atomic E-state index is -0.499. The van der Waals surface area contributed by atoms with Crippen molar-refractivity contribution in [1.29, 1.82) is 0 Å². The number of aromatic nitrogens is 2. The topological polar surface area (TPSA) is 58.6 Å². The maximum atomic E-state index is 13.3. The molecule has 1 amide bonds. The molecular formula is C20H22ClFN4O2. The lowest BCUT2D eigenvalue weighted by Gasteiger charge is -2.43. The highest BCUT2D eigenvalue weighted by Crippen LogP contribution is 2.31. The lowest BCUT2D eigenvalue weighted by molar-refractivity contribution is -0.140. The third-order valence-electron chi connectivity index (χ3n) is 5.43. The fraction of sp³-hybridized carbons (Fsp3) is 0.450. The number of halogens is 2. The molecule has 0 spiro atoms. The molecule has 4 rings (SSSR count). The van der Waals surface area contributed by atoms with Gasteiger partial charge in [0, 0.05) is 43.7 Å². The largest absolute Gasteiger partial charge is 0.439 e. The Bertz CT molecular complexity index is 877. The summed E-state index contributed by atoms with van der Waals surface area (Å²) in [4.78, 5) is 25.2. The summed E-state index contributed by atoms with van der Waals surface area (Å²) in [5, 5.41) is -0.00661. The highest BCUT2D eigenvalue weighted by molar-refractivity contribution is 6.30. The molecule has 0 bridgehead atoms. The molecule has 2 heterocycles. The molecule has 148 valence electrons. The van der Waals surface area contributed by atoms with Crippen molar-refractivity contribution in [3.8, 4) is 11.6 Å². The molecule has 1 aromatic heterocycles. The van der Waals surface area contributed by atoms with Gasteiger partial charge in [0.1, 0.15) is 23.7 Å². The summed E-state index contributed by atoms with van der Waals surface area (Å²) in [6.07, 6.45) is 4.64.